The molecule has 1 aromatic heterocycles. The molecule has 0 saturated carbocycles. The van der Waals surface area contributed by atoms with Gasteiger partial charge in [0.25, 0.3) is 5.91 Å². The number of rotatable bonds is 8. The first-order valence-electron chi connectivity index (χ1n) is 12.6. The van der Waals surface area contributed by atoms with E-state index in [4.69, 9.17) is 4.98 Å². The van der Waals surface area contributed by atoms with Gasteiger partial charge in [0, 0.05) is 19.2 Å². The lowest BCUT2D eigenvalue weighted by molar-refractivity contribution is 0.0985. The van der Waals surface area contributed by atoms with Gasteiger partial charge >= 0.3 is 0 Å². The molecule has 0 spiro atoms. The predicted molar refractivity (Wildman–Crippen MR) is 158 cm³/mol. The highest BCUT2D eigenvalue weighted by Crippen LogP contribution is 2.34. The molecule has 0 atom stereocenters. The number of thiazole rings is 1. The number of fused-ring (bicyclic) bond motifs is 1. The Hall–Kier alpha value is -3.85. The molecule has 4 aromatic carbocycles. The second-order valence-corrected chi connectivity index (χ2v) is 12.6. The molecule has 0 aliphatic heterocycles. The predicted octanol–water partition coefficient (Wildman–Crippen LogP) is 6.58. The standard InChI is InChI=1S/C31H29N3O3S2/c1-22-18-23(2)29-28(19-22)32-31(38-29)34(21-25-12-8-5-9-13-25)30(35)26-14-16-27(17-15-26)39(36,37)33(3)20-24-10-6-4-7-11-24/h4-19H,20-21H2,1-3H3. The van der Waals surface area contributed by atoms with Crippen LogP contribution >= 0.6 is 11.3 Å². The minimum absolute atomic E-state index is 0.137. The third-order valence-corrected chi connectivity index (χ3v) is 9.57. The smallest absolute Gasteiger partial charge is 0.260 e. The molecule has 0 radical (unpaired) electrons. The van der Waals surface area contributed by atoms with E-state index in [1.54, 1.807) is 24.1 Å². The molecule has 0 bridgehead atoms. The number of carbonyl (C=O) groups excluding carboxylic acids is 1. The van der Waals surface area contributed by atoms with E-state index < -0.39 is 10.0 Å². The highest BCUT2D eigenvalue weighted by atomic mass is 32.2. The van der Waals surface area contributed by atoms with Crippen LogP contribution in [-0.4, -0.2) is 30.7 Å². The van der Waals surface area contributed by atoms with Gasteiger partial charge in [-0.05, 0) is 66.4 Å². The molecule has 8 heteroatoms. The Morgan fingerprint density at radius 2 is 1.41 bits per heavy atom. The molecule has 0 N–H and O–H groups in total. The Labute approximate surface area is 233 Å². The summed E-state index contributed by atoms with van der Waals surface area (Å²) >= 11 is 1.49. The van der Waals surface area contributed by atoms with Crippen molar-refractivity contribution in [1.82, 2.24) is 9.29 Å². The van der Waals surface area contributed by atoms with Crippen molar-refractivity contribution in [2.24, 2.45) is 0 Å². The number of sulfonamides is 1. The van der Waals surface area contributed by atoms with E-state index in [0.29, 0.717) is 17.2 Å². The van der Waals surface area contributed by atoms with Crippen molar-refractivity contribution in [1.29, 1.82) is 0 Å². The van der Waals surface area contributed by atoms with Crippen molar-refractivity contribution in [3.63, 3.8) is 0 Å². The summed E-state index contributed by atoms with van der Waals surface area (Å²) in [6, 6.07) is 29.5. The number of aryl methyl sites for hydroxylation is 2. The molecule has 0 fully saturated rings. The van der Waals surface area contributed by atoms with Gasteiger partial charge in [0.15, 0.2) is 5.13 Å². The SMILES string of the molecule is Cc1cc(C)c2sc(N(Cc3ccccc3)C(=O)c3ccc(S(=O)(=O)N(C)Cc4ccccc4)cc3)nc2c1. The minimum Gasteiger partial charge on any atom is -0.279 e. The van der Waals surface area contributed by atoms with Crippen LogP contribution in [-0.2, 0) is 23.1 Å². The molecule has 0 saturated heterocycles. The molecule has 0 aliphatic carbocycles. The first-order valence-corrected chi connectivity index (χ1v) is 14.8. The minimum atomic E-state index is -3.73. The van der Waals surface area contributed by atoms with Gasteiger partial charge in [0.05, 0.1) is 21.7 Å². The lowest BCUT2D eigenvalue weighted by Crippen LogP contribution is -2.30. The number of anilines is 1. The Kier molecular flexibility index (Phi) is 7.61. The Morgan fingerprint density at radius 3 is 2.03 bits per heavy atom. The van der Waals surface area contributed by atoms with Crippen LogP contribution < -0.4 is 4.90 Å². The third-order valence-electron chi connectivity index (χ3n) is 6.53. The fourth-order valence-electron chi connectivity index (χ4n) is 4.50. The number of aromatic nitrogens is 1. The second-order valence-electron chi connectivity index (χ2n) is 9.57. The number of hydrogen-bond acceptors (Lipinski definition) is 5. The van der Waals surface area contributed by atoms with Gasteiger partial charge in [-0.1, -0.05) is 78.1 Å². The van der Waals surface area contributed by atoms with Gasteiger partial charge < -0.3 is 0 Å². The van der Waals surface area contributed by atoms with Gasteiger partial charge in [-0.2, -0.15) is 4.31 Å². The van der Waals surface area contributed by atoms with Crippen LogP contribution in [0.1, 0.15) is 32.6 Å². The summed E-state index contributed by atoms with van der Waals surface area (Å²) in [5, 5.41) is 0.604. The number of benzene rings is 4. The van der Waals surface area contributed by atoms with E-state index in [-0.39, 0.29) is 17.3 Å². The summed E-state index contributed by atoms with van der Waals surface area (Å²) in [5.74, 6) is -0.242. The molecule has 6 nitrogen and oxygen atoms in total. The van der Waals surface area contributed by atoms with E-state index in [9.17, 15) is 13.2 Å². The van der Waals surface area contributed by atoms with Crippen LogP contribution in [0.3, 0.4) is 0 Å². The lowest BCUT2D eigenvalue weighted by Gasteiger charge is -2.21. The normalized spacial score (nSPS) is 11.7. The number of carbonyl (C=O) groups is 1. The van der Waals surface area contributed by atoms with Crippen LogP contribution in [0.15, 0.2) is 102 Å². The average Bonchev–Trinajstić information content (AvgIpc) is 3.36. The van der Waals surface area contributed by atoms with Gasteiger partial charge in [-0.25, -0.2) is 13.4 Å². The first-order chi connectivity index (χ1) is 18.7. The molecule has 0 unspecified atom stereocenters. The van der Waals surface area contributed by atoms with Crippen LogP contribution in [0.2, 0.25) is 0 Å². The average molecular weight is 556 g/mol. The Bertz CT molecular complexity index is 1720. The van der Waals surface area contributed by atoms with Crippen LogP contribution in [0, 0.1) is 13.8 Å². The highest BCUT2D eigenvalue weighted by molar-refractivity contribution is 7.89. The quantitative estimate of drug-likeness (QED) is 0.217. The van der Waals surface area contributed by atoms with Gasteiger partial charge in [0.2, 0.25) is 10.0 Å². The molecule has 1 heterocycles. The number of nitrogens with zero attached hydrogens (tertiary/aromatic N) is 3. The maximum atomic E-state index is 13.8. The maximum Gasteiger partial charge on any atom is 0.260 e. The lowest BCUT2D eigenvalue weighted by atomic mass is 10.1. The molecule has 39 heavy (non-hydrogen) atoms. The van der Waals surface area contributed by atoms with Crippen molar-refractivity contribution in [2.75, 3.05) is 11.9 Å². The van der Waals surface area contributed by atoms with Crippen molar-refractivity contribution in [3.8, 4) is 0 Å². The Morgan fingerprint density at radius 1 is 0.821 bits per heavy atom. The largest absolute Gasteiger partial charge is 0.279 e. The van der Waals surface area contributed by atoms with Gasteiger partial charge in [-0.3, -0.25) is 9.69 Å². The topological polar surface area (TPSA) is 70.6 Å². The van der Waals surface area contributed by atoms with Gasteiger partial charge in [-0.15, -0.1) is 0 Å². The van der Waals surface area contributed by atoms with Crippen molar-refractivity contribution in [2.45, 2.75) is 31.8 Å². The first kappa shape index (κ1) is 26.7. The summed E-state index contributed by atoms with van der Waals surface area (Å²) in [4.78, 5) is 20.5. The van der Waals surface area contributed by atoms with Crippen molar-refractivity contribution < 1.29 is 13.2 Å². The zero-order valence-electron chi connectivity index (χ0n) is 22.0. The van der Waals surface area contributed by atoms with E-state index >= 15 is 0 Å². The second kappa shape index (κ2) is 11.1. The maximum absolute atomic E-state index is 13.8. The monoisotopic (exact) mass is 555 g/mol. The summed E-state index contributed by atoms with van der Waals surface area (Å²) in [7, 11) is -2.17. The third kappa shape index (κ3) is 5.78. The fraction of sp³-hybridized carbons (Fsp3) is 0.161. The molecule has 1 amide bonds. The molecule has 0 aliphatic rings. The van der Waals surface area contributed by atoms with Crippen LogP contribution in [0.4, 0.5) is 5.13 Å². The Balaban J connectivity index is 1.45. The highest BCUT2D eigenvalue weighted by Gasteiger charge is 2.25. The zero-order chi connectivity index (χ0) is 27.6. The molecule has 5 aromatic rings. The fourth-order valence-corrected chi connectivity index (χ4v) is 6.68. The van der Waals surface area contributed by atoms with E-state index in [1.807, 2.05) is 73.7 Å². The summed E-state index contributed by atoms with van der Waals surface area (Å²) < 4.78 is 28.7. The van der Waals surface area contributed by atoms with E-state index in [1.165, 1.54) is 27.8 Å². The van der Waals surface area contributed by atoms with Crippen molar-refractivity contribution in [3.05, 3.63) is 125 Å². The molecular formula is C31H29N3O3S2. The number of amides is 1. The molecular weight excluding hydrogens is 526 g/mol. The van der Waals surface area contributed by atoms with E-state index in [2.05, 4.69) is 13.0 Å². The zero-order valence-corrected chi connectivity index (χ0v) is 23.7. The summed E-state index contributed by atoms with van der Waals surface area (Å²) in [6.07, 6.45) is 0. The molecule has 5 rings (SSSR count). The summed E-state index contributed by atoms with van der Waals surface area (Å²) in [6.45, 7) is 4.68. The van der Waals surface area contributed by atoms with Crippen LogP contribution in [0.25, 0.3) is 10.2 Å². The number of hydrogen-bond donors (Lipinski definition) is 0. The van der Waals surface area contributed by atoms with E-state index in [0.717, 1.165) is 32.5 Å². The van der Waals surface area contributed by atoms with Crippen LogP contribution in [0.5, 0.6) is 0 Å². The van der Waals surface area contributed by atoms with Gasteiger partial charge in [0.1, 0.15) is 0 Å². The summed E-state index contributed by atoms with van der Waals surface area (Å²) in [5.41, 5.74) is 5.36. The molecule has 198 valence electrons. The van der Waals surface area contributed by atoms with Crippen molar-refractivity contribution >= 4 is 42.6 Å².